The van der Waals surface area contributed by atoms with E-state index in [0.717, 1.165) is 34.6 Å². The first-order chi connectivity index (χ1) is 16.3. The van der Waals surface area contributed by atoms with Crippen LogP contribution in [0.2, 0.25) is 0 Å². The number of carbonyl (C=O) groups excluding carboxylic acids is 2. The maximum atomic E-state index is 14.6. The number of nitrogens with one attached hydrogen (secondary N) is 1. The van der Waals surface area contributed by atoms with Crippen LogP contribution in [-0.4, -0.2) is 18.4 Å². The van der Waals surface area contributed by atoms with Gasteiger partial charge in [-0.1, -0.05) is 31.2 Å². The van der Waals surface area contributed by atoms with E-state index in [-0.39, 0.29) is 17.0 Å². The number of nitrogens with zero attached hydrogens (tertiary/aromatic N) is 1. The summed E-state index contributed by atoms with van der Waals surface area (Å²) in [6, 6.07) is 15.2. The maximum Gasteiger partial charge on any atom is 0.282 e. The van der Waals surface area contributed by atoms with Crippen LogP contribution in [0.3, 0.4) is 0 Å². The van der Waals surface area contributed by atoms with E-state index in [1.807, 2.05) is 32.9 Å². The first kappa shape index (κ1) is 23.2. The van der Waals surface area contributed by atoms with Gasteiger partial charge in [0.25, 0.3) is 11.8 Å². The molecule has 7 heteroatoms. The second kappa shape index (κ2) is 9.47. The normalized spacial score (nSPS) is 13.6. The van der Waals surface area contributed by atoms with Gasteiger partial charge in [0.05, 0.1) is 17.9 Å². The van der Waals surface area contributed by atoms with Crippen molar-refractivity contribution in [2.75, 3.05) is 16.8 Å². The van der Waals surface area contributed by atoms with Crippen molar-refractivity contribution in [3.63, 3.8) is 0 Å². The summed E-state index contributed by atoms with van der Waals surface area (Å²) < 4.78 is 33.7. The van der Waals surface area contributed by atoms with Gasteiger partial charge in [0.1, 0.15) is 23.1 Å². The van der Waals surface area contributed by atoms with Gasteiger partial charge in [0.15, 0.2) is 0 Å². The van der Waals surface area contributed by atoms with Gasteiger partial charge in [-0.3, -0.25) is 9.59 Å². The summed E-state index contributed by atoms with van der Waals surface area (Å²) in [7, 11) is 0. The van der Waals surface area contributed by atoms with Crippen LogP contribution in [0.15, 0.2) is 66.4 Å². The molecule has 3 aromatic carbocycles. The Morgan fingerprint density at radius 3 is 2.41 bits per heavy atom. The molecule has 0 aliphatic carbocycles. The minimum absolute atomic E-state index is 0.00428. The van der Waals surface area contributed by atoms with Gasteiger partial charge in [-0.15, -0.1) is 0 Å². The molecule has 0 saturated carbocycles. The molecule has 1 heterocycles. The highest BCUT2D eigenvalue weighted by Gasteiger charge is 2.41. The number of anilines is 2. The van der Waals surface area contributed by atoms with Crippen LogP contribution in [-0.2, 0) is 9.59 Å². The number of ether oxygens (including phenoxy) is 1. The monoisotopic (exact) mass is 462 g/mol. The highest BCUT2D eigenvalue weighted by Crippen LogP contribution is 2.36. The first-order valence-electron chi connectivity index (χ1n) is 11.0. The third-order valence-electron chi connectivity index (χ3n) is 5.61. The molecule has 0 aromatic heterocycles. The van der Waals surface area contributed by atoms with Crippen LogP contribution in [0.25, 0.3) is 5.57 Å². The Kier molecular flexibility index (Phi) is 6.45. The molecule has 5 nitrogen and oxygen atoms in total. The molecule has 0 atom stereocenters. The number of aryl methyl sites for hydroxylation is 2. The zero-order valence-corrected chi connectivity index (χ0v) is 19.1. The number of hydrogen-bond donors (Lipinski definition) is 1. The van der Waals surface area contributed by atoms with E-state index < -0.39 is 23.4 Å². The van der Waals surface area contributed by atoms with E-state index in [2.05, 4.69) is 5.32 Å². The summed E-state index contributed by atoms with van der Waals surface area (Å²) >= 11 is 0. The molecule has 0 spiro atoms. The van der Waals surface area contributed by atoms with E-state index in [1.165, 1.54) is 0 Å². The van der Waals surface area contributed by atoms with Gasteiger partial charge >= 0.3 is 0 Å². The van der Waals surface area contributed by atoms with Gasteiger partial charge in [-0.05, 0) is 61.2 Å². The molecule has 2 amide bonds. The number of rotatable bonds is 7. The third kappa shape index (κ3) is 4.41. The summed E-state index contributed by atoms with van der Waals surface area (Å²) in [5.41, 5.74) is 2.82. The van der Waals surface area contributed by atoms with Gasteiger partial charge in [0, 0.05) is 17.8 Å². The third-order valence-corrected chi connectivity index (χ3v) is 5.61. The van der Waals surface area contributed by atoms with Crippen LogP contribution in [0.1, 0.15) is 30.0 Å². The summed E-state index contributed by atoms with van der Waals surface area (Å²) in [4.78, 5) is 27.7. The second-order valence-corrected chi connectivity index (χ2v) is 8.09. The fourth-order valence-electron chi connectivity index (χ4n) is 3.72. The van der Waals surface area contributed by atoms with Gasteiger partial charge < -0.3 is 10.1 Å². The minimum Gasteiger partial charge on any atom is -0.494 e. The van der Waals surface area contributed by atoms with Crippen LogP contribution < -0.4 is 15.0 Å². The number of halogens is 2. The van der Waals surface area contributed by atoms with Crippen LogP contribution >= 0.6 is 0 Å². The number of carbonyl (C=O) groups is 2. The van der Waals surface area contributed by atoms with Crippen LogP contribution in [0, 0.1) is 25.5 Å². The molecule has 34 heavy (non-hydrogen) atoms. The minimum atomic E-state index is -1.00. The molecule has 4 rings (SSSR count). The van der Waals surface area contributed by atoms with E-state index in [9.17, 15) is 18.4 Å². The van der Waals surface area contributed by atoms with E-state index in [1.54, 1.807) is 30.3 Å². The zero-order valence-electron chi connectivity index (χ0n) is 19.1. The Balaban J connectivity index is 1.81. The molecular weight excluding hydrogens is 438 g/mol. The standard InChI is InChI=1S/C27H24F2N2O3/c1-4-12-34-21-7-5-6-20(15-21)30-25-24(18-9-8-16(2)17(3)13-18)26(32)31(27(25)33)23-11-10-19(28)14-22(23)29/h5-11,13-15,30H,4,12H2,1-3H3. The predicted molar refractivity (Wildman–Crippen MR) is 128 cm³/mol. The molecular formula is C27H24F2N2O3. The Morgan fingerprint density at radius 1 is 0.912 bits per heavy atom. The highest BCUT2D eigenvalue weighted by molar-refractivity contribution is 6.46. The van der Waals surface area contributed by atoms with Crippen LogP contribution in [0.5, 0.6) is 5.75 Å². The molecule has 1 aliphatic rings. The molecule has 1 N–H and O–H groups in total. The lowest BCUT2D eigenvalue weighted by Crippen LogP contribution is -2.33. The van der Waals surface area contributed by atoms with Crippen molar-refractivity contribution in [3.8, 4) is 5.75 Å². The molecule has 0 unspecified atom stereocenters. The fourth-order valence-corrected chi connectivity index (χ4v) is 3.72. The SMILES string of the molecule is CCCOc1cccc(NC2=C(c3ccc(C)c(C)c3)C(=O)N(c3ccc(F)cc3F)C2=O)c1. The Hall–Kier alpha value is -4.00. The lowest BCUT2D eigenvalue weighted by Gasteiger charge is -2.16. The Bertz CT molecular complexity index is 1320. The summed E-state index contributed by atoms with van der Waals surface area (Å²) in [6.07, 6.45) is 0.838. The molecule has 0 radical (unpaired) electrons. The van der Waals surface area contributed by atoms with E-state index in [4.69, 9.17) is 4.74 Å². The Morgan fingerprint density at radius 2 is 1.71 bits per heavy atom. The number of benzene rings is 3. The number of amides is 2. The van der Waals surface area contributed by atoms with Crippen molar-refractivity contribution in [1.82, 2.24) is 0 Å². The van der Waals surface area contributed by atoms with Gasteiger partial charge in [-0.2, -0.15) is 0 Å². The zero-order chi connectivity index (χ0) is 24.4. The van der Waals surface area contributed by atoms with Crippen molar-refractivity contribution in [1.29, 1.82) is 0 Å². The van der Waals surface area contributed by atoms with Crippen molar-refractivity contribution >= 4 is 28.8 Å². The van der Waals surface area contributed by atoms with Crippen LogP contribution in [0.4, 0.5) is 20.2 Å². The average molecular weight is 462 g/mol. The van der Waals surface area contributed by atoms with Gasteiger partial charge in [0.2, 0.25) is 0 Å². The fraction of sp³-hybridized carbons (Fsp3) is 0.185. The van der Waals surface area contributed by atoms with E-state index in [0.29, 0.717) is 29.7 Å². The average Bonchev–Trinajstić information content (AvgIpc) is 3.04. The smallest absolute Gasteiger partial charge is 0.282 e. The molecule has 0 bridgehead atoms. The van der Waals surface area contributed by atoms with Crippen molar-refractivity contribution in [2.24, 2.45) is 0 Å². The van der Waals surface area contributed by atoms with Crippen molar-refractivity contribution in [3.05, 3.63) is 94.7 Å². The highest BCUT2D eigenvalue weighted by atomic mass is 19.1. The second-order valence-electron chi connectivity index (χ2n) is 8.09. The lowest BCUT2D eigenvalue weighted by molar-refractivity contribution is -0.120. The lowest BCUT2D eigenvalue weighted by atomic mass is 9.99. The summed E-state index contributed by atoms with van der Waals surface area (Å²) in [5, 5.41) is 3.04. The number of imide groups is 1. The van der Waals surface area contributed by atoms with Crippen molar-refractivity contribution < 1.29 is 23.1 Å². The van der Waals surface area contributed by atoms with E-state index >= 15 is 0 Å². The van der Waals surface area contributed by atoms with Gasteiger partial charge in [-0.25, -0.2) is 13.7 Å². The Labute approximate surface area is 196 Å². The largest absolute Gasteiger partial charge is 0.494 e. The molecule has 3 aromatic rings. The van der Waals surface area contributed by atoms with Crippen molar-refractivity contribution in [2.45, 2.75) is 27.2 Å². The quantitative estimate of drug-likeness (QED) is 0.453. The summed E-state index contributed by atoms with van der Waals surface area (Å²) in [6.45, 7) is 6.37. The predicted octanol–water partition coefficient (Wildman–Crippen LogP) is 5.77. The molecule has 0 fully saturated rings. The first-order valence-corrected chi connectivity index (χ1v) is 11.0. The molecule has 174 valence electrons. The number of hydrogen-bond acceptors (Lipinski definition) is 4. The molecule has 1 aliphatic heterocycles. The summed E-state index contributed by atoms with van der Waals surface area (Å²) in [5.74, 6) is -2.62. The topological polar surface area (TPSA) is 58.6 Å². The molecule has 0 saturated heterocycles. The maximum absolute atomic E-state index is 14.6.